The number of pyridine rings is 1. The summed E-state index contributed by atoms with van der Waals surface area (Å²) in [5.74, 6) is -0.528. The van der Waals surface area contributed by atoms with E-state index in [9.17, 15) is 14.3 Å². The number of carboxylic acid groups (broad SMARTS) is 1. The fourth-order valence-corrected chi connectivity index (χ4v) is 2.92. The first-order chi connectivity index (χ1) is 10.1. The van der Waals surface area contributed by atoms with Crippen LogP contribution in [0.5, 0.6) is 0 Å². The molecule has 0 spiro atoms. The normalized spacial score (nSPS) is 22.3. The van der Waals surface area contributed by atoms with Gasteiger partial charge >= 0.3 is 5.97 Å². The van der Waals surface area contributed by atoms with E-state index in [1.807, 2.05) is 4.90 Å². The molecule has 21 heavy (non-hydrogen) atoms. The Bertz CT molecular complexity index is 480. The summed E-state index contributed by atoms with van der Waals surface area (Å²) < 4.78 is 18.0. The highest BCUT2D eigenvalue weighted by molar-refractivity contribution is 5.76. The van der Waals surface area contributed by atoms with Gasteiger partial charge in [-0.2, -0.15) is 0 Å². The van der Waals surface area contributed by atoms with Crippen LogP contribution in [0.4, 0.5) is 10.2 Å². The molecule has 0 bridgehead atoms. The van der Waals surface area contributed by atoms with Crippen molar-refractivity contribution in [1.29, 1.82) is 0 Å². The van der Waals surface area contributed by atoms with Crippen LogP contribution in [-0.2, 0) is 9.53 Å². The number of nitrogens with zero attached hydrogens (tertiary/aromatic N) is 2. The van der Waals surface area contributed by atoms with Crippen LogP contribution in [0.3, 0.4) is 0 Å². The second kappa shape index (κ2) is 6.85. The zero-order chi connectivity index (χ0) is 15.3. The third-order valence-corrected chi connectivity index (χ3v) is 4.07. The predicted octanol–water partition coefficient (Wildman–Crippen LogP) is 2.32. The molecule has 1 aliphatic heterocycles. The van der Waals surface area contributed by atoms with Crippen LogP contribution in [0.15, 0.2) is 18.3 Å². The van der Waals surface area contributed by atoms with Crippen molar-refractivity contribution >= 4 is 11.8 Å². The molecule has 2 heterocycles. The van der Waals surface area contributed by atoms with E-state index >= 15 is 0 Å². The highest BCUT2D eigenvalue weighted by atomic mass is 19.1. The number of hydrogen-bond donors (Lipinski definition) is 1. The smallest absolute Gasteiger partial charge is 0.311 e. The van der Waals surface area contributed by atoms with Gasteiger partial charge in [0.15, 0.2) is 0 Å². The number of anilines is 1. The van der Waals surface area contributed by atoms with Gasteiger partial charge in [0.25, 0.3) is 0 Å². The average Bonchev–Trinajstić information content (AvgIpc) is 2.48. The van der Waals surface area contributed by atoms with Gasteiger partial charge in [-0.3, -0.25) is 4.79 Å². The van der Waals surface area contributed by atoms with E-state index in [1.54, 1.807) is 13.2 Å². The van der Waals surface area contributed by atoms with Gasteiger partial charge in [0.05, 0.1) is 11.6 Å². The maximum Gasteiger partial charge on any atom is 0.311 e. The summed E-state index contributed by atoms with van der Waals surface area (Å²) in [5.41, 5.74) is -0.771. The number of halogens is 1. The van der Waals surface area contributed by atoms with Gasteiger partial charge in [-0.15, -0.1) is 0 Å². The Kier molecular flexibility index (Phi) is 5.12. The third-order valence-electron chi connectivity index (χ3n) is 4.07. The predicted molar refractivity (Wildman–Crippen MR) is 76.8 cm³/mol. The summed E-state index contributed by atoms with van der Waals surface area (Å²) in [5, 5.41) is 9.65. The molecule has 1 aromatic heterocycles. The van der Waals surface area contributed by atoms with E-state index in [0.29, 0.717) is 38.2 Å². The standard InChI is InChI=1S/C15H21FN2O3/c1-21-9-3-7-15(14(19)20)6-2-8-18(11-15)13-5-4-12(16)10-17-13/h4-5,10H,2-3,6-9,11H2,1H3,(H,19,20)/t15-/m0/s1. The minimum absolute atomic E-state index is 0.389. The average molecular weight is 296 g/mol. The molecular weight excluding hydrogens is 275 g/mol. The van der Waals surface area contributed by atoms with Crippen LogP contribution in [0.25, 0.3) is 0 Å². The van der Waals surface area contributed by atoms with E-state index in [4.69, 9.17) is 4.74 Å². The molecule has 1 fully saturated rings. The van der Waals surface area contributed by atoms with Crippen molar-refractivity contribution in [3.8, 4) is 0 Å². The highest BCUT2D eigenvalue weighted by Gasteiger charge is 2.42. The number of carboxylic acids is 1. The van der Waals surface area contributed by atoms with Crippen molar-refractivity contribution in [2.45, 2.75) is 25.7 Å². The summed E-state index contributed by atoms with van der Waals surface area (Å²) >= 11 is 0. The summed E-state index contributed by atoms with van der Waals surface area (Å²) in [6.07, 6.45) is 3.90. The van der Waals surface area contributed by atoms with Crippen molar-refractivity contribution < 1.29 is 19.0 Å². The molecule has 0 saturated carbocycles. The van der Waals surface area contributed by atoms with Crippen LogP contribution in [0.2, 0.25) is 0 Å². The van der Waals surface area contributed by atoms with Gasteiger partial charge in [-0.05, 0) is 37.8 Å². The van der Waals surface area contributed by atoms with Crippen LogP contribution < -0.4 is 4.90 Å². The number of rotatable bonds is 6. The van der Waals surface area contributed by atoms with E-state index in [1.165, 1.54) is 6.07 Å². The van der Waals surface area contributed by atoms with Crippen LogP contribution in [0.1, 0.15) is 25.7 Å². The molecular formula is C15H21FN2O3. The summed E-state index contributed by atoms with van der Waals surface area (Å²) in [7, 11) is 1.61. The van der Waals surface area contributed by atoms with E-state index in [-0.39, 0.29) is 5.82 Å². The minimum atomic E-state index is -0.773. The van der Waals surface area contributed by atoms with Gasteiger partial charge in [0.1, 0.15) is 11.6 Å². The topological polar surface area (TPSA) is 62.7 Å². The molecule has 0 amide bonds. The van der Waals surface area contributed by atoms with Gasteiger partial charge in [0, 0.05) is 26.8 Å². The molecule has 116 valence electrons. The summed E-state index contributed by atoms with van der Waals surface area (Å²) in [4.78, 5) is 17.7. The molecule has 2 rings (SSSR count). The lowest BCUT2D eigenvalue weighted by atomic mass is 9.76. The Labute approximate surface area is 123 Å². The van der Waals surface area contributed by atoms with Crippen molar-refractivity contribution in [3.05, 3.63) is 24.1 Å². The molecule has 0 aromatic carbocycles. The lowest BCUT2D eigenvalue weighted by Gasteiger charge is -2.40. The Morgan fingerprint density at radius 1 is 1.57 bits per heavy atom. The molecule has 1 saturated heterocycles. The van der Waals surface area contributed by atoms with Gasteiger partial charge in [0.2, 0.25) is 0 Å². The quantitative estimate of drug-likeness (QED) is 0.816. The van der Waals surface area contributed by atoms with Gasteiger partial charge in [-0.25, -0.2) is 9.37 Å². The SMILES string of the molecule is COCCC[C@@]1(C(=O)O)CCCN(c2ccc(F)cn2)C1. The molecule has 6 heteroatoms. The molecule has 1 aromatic rings. The Morgan fingerprint density at radius 2 is 2.38 bits per heavy atom. The van der Waals surface area contributed by atoms with E-state index in [2.05, 4.69) is 4.98 Å². The first-order valence-electron chi connectivity index (χ1n) is 7.16. The second-order valence-corrected chi connectivity index (χ2v) is 5.54. The van der Waals surface area contributed by atoms with E-state index in [0.717, 1.165) is 19.2 Å². The van der Waals surface area contributed by atoms with Gasteiger partial charge in [-0.1, -0.05) is 0 Å². The largest absolute Gasteiger partial charge is 0.481 e. The number of aromatic nitrogens is 1. The van der Waals surface area contributed by atoms with Crippen molar-refractivity contribution in [2.75, 3.05) is 31.7 Å². The number of piperidine rings is 1. The molecule has 0 unspecified atom stereocenters. The Morgan fingerprint density at radius 3 is 3.00 bits per heavy atom. The van der Waals surface area contributed by atoms with E-state index < -0.39 is 11.4 Å². The maximum atomic E-state index is 13.0. The molecule has 0 radical (unpaired) electrons. The first-order valence-corrected chi connectivity index (χ1v) is 7.16. The number of ether oxygens (including phenoxy) is 1. The fraction of sp³-hybridized carbons (Fsp3) is 0.600. The number of aliphatic carboxylic acids is 1. The molecule has 0 aliphatic carbocycles. The molecule has 1 atom stereocenters. The first kappa shape index (κ1) is 15.7. The zero-order valence-corrected chi connectivity index (χ0v) is 12.2. The Balaban J connectivity index is 2.12. The van der Waals surface area contributed by atoms with Crippen LogP contribution in [0, 0.1) is 11.2 Å². The monoisotopic (exact) mass is 296 g/mol. The summed E-state index contributed by atoms with van der Waals surface area (Å²) in [6.45, 7) is 1.71. The lowest BCUT2D eigenvalue weighted by molar-refractivity contribution is -0.150. The lowest BCUT2D eigenvalue weighted by Crippen LogP contribution is -2.48. The molecule has 5 nitrogen and oxygen atoms in total. The third kappa shape index (κ3) is 3.69. The second-order valence-electron chi connectivity index (χ2n) is 5.54. The number of carbonyl (C=O) groups is 1. The summed E-state index contributed by atoms with van der Waals surface area (Å²) in [6, 6.07) is 2.95. The van der Waals surface area contributed by atoms with Crippen molar-refractivity contribution in [2.24, 2.45) is 5.41 Å². The number of methoxy groups -OCH3 is 1. The Hall–Kier alpha value is -1.69. The van der Waals surface area contributed by atoms with Crippen molar-refractivity contribution in [1.82, 2.24) is 4.98 Å². The molecule has 1 N–H and O–H groups in total. The minimum Gasteiger partial charge on any atom is -0.481 e. The zero-order valence-electron chi connectivity index (χ0n) is 12.2. The van der Waals surface area contributed by atoms with Gasteiger partial charge < -0.3 is 14.7 Å². The number of hydrogen-bond acceptors (Lipinski definition) is 4. The molecule has 1 aliphatic rings. The fourth-order valence-electron chi connectivity index (χ4n) is 2.92. The van der Waals surface area contributed by atoms with Crippen LogP contribution in [-0.4, -0.2) is 42.9 Å². The van der Waals surface area contributed by atoms with Crippen LogP contribution >= 0.6 is 0 Å². The highest BCUT2D eigenvalue weighted by Crippen LogP contribution is 2.36. The van der Waals surface area contributed by atoms with Crippen molar-refractivity contribution in [3.63, 3.8) is 0 Å². The maximum absolute atomic E-state index is 13.0.